The average Bonchev–Trinajstić information content (AvgIpc) is 2.97. The Balaban J connectivity index is 1.53. The van der Waals surface area contributed by atoms with Gasteiger partial charge in [-0.05, 0) is 6.07 Å². The summed E-state index contributed by atoms with van der Waals surface area (Å²) in [7, 11) is 0. The van der Waals surface area contributed by atoms with Crippen LogP contribution in [0.2, 0.25) is 5.02 Å². The maximum atomic E-state index is 12.7. The van der Waals surface area contributed by atoms with E-state index in [1.807, 2.05) is 0 Å². The summed E-state index contributed by atoms with van der Waals surface area (Å²) in [5.74, 6) is -0.454. The molecule has 0 spiro atoms. The first-order valence-electron chi connectivity index (χ1n) is 8.75. The van der Waals surface area contributed by atoms with E-state index >= 15 is 0 Å². The number of alkyl halides is 3. The second kappa shape index (κ2) is 7.94. The van der Waals surface area contributed by atoms with Crippen molar-refractivity contribution in [1.29, 1.82) is 0 Å². The molecule has 2 saturated heterocycles. The third kappa shape index (κ3) is 4.37. The molecule has 3 heterocycles. The largest absolute Gasteiger partial charge is 0.417 e. The van der Waals surface area contributed by atoms with Gasteiger partial charge >= 0.3 is 6.18 Å². The van der Waals surface area contributed by atoms with Crippen LogP contribution in [-0.2, 0) is 20.6 Å². The summed E-state index contributed by atoms with van der Waals surface area (Å²) in [5.41, 5.74) is -0.916. The molecule has 2 fully saturated rings. The number of rotatable bonds is 4. The minimum atomic E-state index is -4.52. The first-order chi connectivity index (χ1) is 13.2. The molecule has 0 atom stereocenters. The van der Waals surface area contributed by atoms with E-state index in [1.165, 1.54) is 0 Å². The van der Waals surface area contributed by atoms with Crippen molar-refractivity contribution < 1.29 is 27.6 Å². The number of likely N-dealkylation sites (tertiary alicyclic amines) is 1. The molecule has 0 bridgehead atoms. The molecule has 0 radical (unpaired) electrons. The van der Waals surface area contributed by atoms with Crippen LogP contribution >= 0.6 is 11.6 Å². The number of carbonyl (C=O) groups is 3. The number of carbonyl (C=O) groups excluding carboxylic acids is 3. The Kier molecular flexibility index (Phi) is 5.78. The highest BCUT2D eigenvalue weighted by Crippen LogP contribution is 2.33. The zero-order valence-electron chi connectivity index (χ0n) is 14.8. The molecule has 28 heavy (non-hydrogen) atoms. The summed E-state index contributed by atoms with van der Waals surface area (Å²) in [6.45, 7) is 1.50. The van der Waals surface area contributed by atoms with Gasteiger partial charge in [0.05, 0.1) is 10.6 Å². The molecule has 11 heteroatoms. The lowest BCUT2D eigenvalue weighted by Gasteiger charge is -2.36. The Labute approximate surface area is 164 Å². The van der Waals surface area contributed by atoms with Gasteiger partial charge in [0, 0.05) is 58.2 Å². The van der Waals surface area contributed by atoms with E-state index in [4.69, 9.17) is 11.6 Å². The SMILES string of the molecule is O=C(CCN1C(=O)CCC1=O)N1CCN(c2ncc(C(F)(F)F)cc2Cl)CC1. The standard InChI is InChI=1S/C17H18ClF3N4O3/c18-12-9-11(17(19,20)21)10-22-16(12)24-7-5-23(6-8-24)13(26)3-4-25-14(27)1-2-15(25)28/h9-10H,1-8H2. The van der Waals surface area contributed by atoms with Gasteiger partial charge in [0.1, 0.15) is 5.82 Å². The lowest BCUT2D eigenvalue weighted by atomic mass is 10.2. The molecule has 0 saturated carbocycles. The molecule has 2 aliphatic rings. The average molecular weight is 419 g/mol. The smallest absolute Gasteiger partial charge is 0.352 e. The van der Waals surface area contributed by atoms with E-state index in [-0.39, 0.29) is 54.4 Å². The molecule has 3 amide bonds. The van der Waals surface area contributed by atoms with Crippen LogP contribution in [0.1, 0.15) is 24.8 Å². The molecule has 152 valence electrons. The summed E-state index contributed by atoms with van der Waals surface area (Å²) >= 11 is 5.96. The van der Waals surface area contributed by atoms with Crippen molar-refractivity contribution >= 4 is 35.1 Å². The van der Waals surface area contributed by atoms with Gasteiger partial charge in [0.25, 0.3) is 0 Å². The minimum absolute atomic E-state index is 0.0523. The minimum Gasteiger partial charge on any atom is -0.352 e. The predicted octanol–water partition coefficient (Wildman–Crippen LogP) is 1.94. The lowest BCUT2D eigenvalue weighted by Crippen LogP contribution is -2.49. The van der Waals surface area contributed by atoms with Crippen molar-refractivity contribution in [2.45, 2.75) is 25.4 Å². The normalized spacial score (nSPS) is 18.2. The van der Waals surface area contributed by atoms with E-state index in [1.54, 1.807) is 9.80 Å². The van der Waals surface area contributed by atoms with Gasteiger partial charge in [-0.3, -0.25) is 19.3 Å². The maximum Gasteiger partial charge on any atom is 0.417 e. The fourth-order valence-electron chi connectivity index (χ4n) is 3.22. The number of amides is 3. The summed E-state index contributed by atoms with van der Waals surface area (Å²) in [6.07, 6.45) is -3.35. The Hall–Kier alpha value is -2.36. The second-order valence-corrected chi connectivity index (χ2v) is 6.99. The van der Waals surface area contributed by atoms with Crippen LogP contribution in [-0.4, -0.2) is 65.2 Å². The summed E-state index contributed by atoms with van der Waals surface area (Å²) < 4.78 is 38.1. The van der Waals surface area contributed by atoms with Gasteiger partial charge in [-0.1, -0.05) is 11.6 Å². The highest BCUT2D eigenvalue weighted by atomic mass is 35.5. The topological polar surface area (TPSA) is 73.8 Å². The molecular formula is C17H18ClF3N4O3. The summed E-state index contributed by atoms with van der Waals surface area (Å²) in [6, 6.07) is 0.839. The van der Waals surface area contributed by atoms with E-state index in [2.05, 4.69) is 4.98 Å². The Bertz CT molecular complexity index is 778. The van der Waals surface area contributed by atoms with Crippen molar-refractivity contribution in [3.63, 3.8) is 0 Å². The van der Waals surface area contributed by atoms with Crippen LogP contribution in [0.4, 0.5) is 19.0 Å². The quantitative estimate of drug-likeness (QED) is 0.699. The van der Waals surface area contributed by atoms with E-state index < -0.39 is 11.7 Å². The first-order valence-corrected chi connectivity index (χ1v) is 9.13. The summed E-state index contributed by atoms with van der Waals surface area (Å²) in [4.78, 5) is 43.7. The first kappa shape index (κ1) is 20.4. The van der Waals surface area contributed by atoms with Crippen molar-refractivity contribution in [1.82, 2.24) is 14.8 Å². The zero-order chi connectivity index (χ0) is 20.5. The zero-order valence-corrected chi connectivity index (χ0v) is 15.6. The van der Waals surface area contributed by atoms with Crippen LogP contribution in [0, 0.1) is 0 Å². The Morgan fingerprint density at radius 2 is 1.71 bits per heavy atom. The monoisotopic (exact) mass is 418 g/mol. The Morgan fingerprint density at radius 1 is 1.11 bits per heavy atom. The molecular weight excluding hydrogens is 401 g/mol. The lowest BCUT2D eigenvalue weighted by molar-refractivity contribution is -0.140. The number of nitrogens with zero attached hydrogens (tertiary/aromatic N) is 4. The molecule has 0 unspecified atom stereocenters. The molecule has 1 aromatic heterocycles. The van der Waals surface area contributed by atoms with Crippen molar-refractivity contribution in [3.05, 3.63) is 22.8 Å². The van der Waals surface area contributed by atoms with Gasteiger partial charge in [-0.2, -0.15) is 13.2 Å². The van der Waals surface area contributed by atoms with Crippen LogP contribution in [0.25, 0.3) is 0 Å². The number of aromatic nitrogens is 1. The van der Waals surface area contributed by atoms with E-state index in [0.29, 0.717) is 26.2 Å². The van der Waals surface area contributed by atoms with E-state index in [0.717, 1.165) is 17.2 Å². The fraction of sp³-hybridized carbons (Fsp3) is 0.529. The number of pyridine rings is 1. The number of hydrogen-bond acceptors (Lipinski definition) is 5. The third-order valence-corrected chi connectivity index (χ3v) is 5.06. The predicted molar refractivity (Wildman–Crippen MR) is 93.6 cm³/mol. The molecule has 0 aliphatic carbocycles. The number of imide groups is 1. The van der Waals surface area contributed by atoms with Gasteiger partial charge in [-0.25, -0.2) is 4.98 Å². The van der Waals surface area contributed by atoms with Crippen LogP contribution in [0.5, 0.6) is 0 Å². The van der Waals surface area contributed by atoms with Gasteiger partial charge < -0.3 is 9.80 Å². The molecule has 1 aromatic rings. The van der Waals surface area contributed by atoms with Crippen molar-refractivity contribution in [2.75, 3.05) is 37.6 Å². The maximum absolute atomic E-state index is 12.7. The molecule has 0 N–H and O–H groups in total. The van der Waals surface area contributed by atoms with Crippen LogP contribution in [0.15, 0.2) is 12.3 Å². The summed E-state index contributed by atoms with van der Waals surface area (Å²) in [5, 5.41) is -0.0966. The number of anilines is 1. The number of piperazine rings is 1. The molecule has 0 aromatic carbocycles. The van der Waals surface area contributed by atoms with Gasteiger partial charge in [0.15, 0.2) is 0 Å². The molecule has 2 aliphatic heterocycles. The Morgan fingerprint density at radius 3 is 2.25 bits per heavy atom. The van der Waals surface area contributed by atoms with Crippen LogP contribution in [0.3, 0.4) is 0 Å². The fourth-order valence-corrected chi connectivity index (χ4v) is 3.51. The molecule has 3 rings (SSSR count). The van der Waals surface area contributed by atoms with Crippen molar-refractivity contribution in [2.24, 2.45) is 0 Å². The third-order valence-electron chi connectivity index (χ3n) is 4.79. The molecule has 7 nitrogen and oxygen atoms in total. The van der Waals surface area contributed by atoms with Gasteiger partial charge in [0.2, 0.25) is 17.7 Å². The van der Waals surface area contributed by atoms with E-state index in [9.17, 15) is 27.6 Å². The highest BCUT2D eigenvalue weighted by molar-refractivity contribution is 6.33. The van der Waals surface area contributed by atoms with Crippen molar-refractivity contribution in [3.8, 4) is 0 Å². The van der Waals surface area contributed by atoms with Crippen LogP contribution < -0.4 is 4.90 Å². The second-order valence-electron chi connectivity index (χ2n) is 6.58. The number of halogens is 4. The number of hydrogen-bond donors (Lipinski definition) is 0. The highest BCUT2D eigenvalue weighted by Gasteiger charge is 2.33. The van der Waals surface area contributed by atoms with Gasteiger partial charge in [-0.15, -0.1) is 0 Å².